The lowest BCUT2D eigenvalue weighted by Crippen LogP contribution is -2.38. The second kappa shape index (κ2) is 7.57. The Balaban J connectivity index is 1.69. The van der Waals surface area contributed by atoms with E-state index in [2.05, 4.69) is 20.1 Å². The molecule has 8 nitrogen and oxygen atoms in total. The molecule has 2 N–H and O–H groups in total. The average molecular weight is 357 g/mol. The molecule has 26 heavy (non-hydrogen) atoms. The Labute approximate surface area is 151 Å². The number of nitrogens with one attached hydrogen (secondary N) is 2. The zero-order valence-corrected chi connectivity index (χ0v) is 15.0. The van der Waals surface area contributed by atoms with Crippen LogP contribution in [0.15, 0.2) is 30.5 Å². The van der Waals surface area contributed by atoms with Crippen LogP contribution in [-0.4, -0.2) is 72.5 Å². The maximum absolute atomic E-state index is 12.6. The van der Waals surface area contributed by atoms with Crippen LogP contribution in [0.5, 0.6) is 0 Å². The van der Waals surface area contributed by atoms with E-state index in [1.807, 2.05) is 44.6 Å². The summed E-state index contributed by atoms with van der Waals surface area (Å²) in [5, 5.41) is 6.15. The Bertz CT molecular complexity index is 826. The second-order valence-electron chi connectivity index (χ2n) is 6.52. The molecular formula is C18H23N5O3. The number of benzene rings is 1. The fourth-order valence-corrected chi connectivity index (χ4v) is 2.98. The zero-order chi connectivity index (χ0) is 18.7. The number of rotatable bonds is 7. The summed E-state index contributed by atoms with van der Waals surface area (Å²) >= 11 is 0. The standard InChI is InChI=1S/C18H23N5O3/c1-21(2)9-10-22-12-14(13-5-3-4-6-15(13)22)17(25)19-7-8-23-16(24)11-20-18(23)26/h3-6,12H,7-11H2,1-2H3,(H,19,25)(H,20,26). The van der Waals surface area contributed by atoms with E-state index < -0.39 is 6.03 Å². The van der Waals surface area contributed by atoms with Gasteiger partial charge in [-0.25, -0.2) is 4.79 Å². The Morgan fingerprint density at radius 1 is 1.23 bits per heavy atom. The summed E-state index contributed by atoms with van der Waals surface area (Å²) in [4.78, 5) is 38.9. The molecular weight excluding hydrogens is 334 g/mol. The number of para-hydroxylation sites is 1. The van der Waals surface area contributed by atoms with Crippen LogP contribution in [0.4, 0.5) is 4.79 Å². The third-order valence-corrected chi connectivity index (χ3v) is 4.38. The van der Waals surface area contributed by atoms with Crippen molar-refractivity contribution in [2.45, 2.75) is 6.54 Å². The number of hydrogen-bond donors (Lipinski definition) is 2. The molecule has 1 aliphatic heterocycles. The third kappa shape index (κ3) is 3.70. The normalized spacial score (nSPS) is 14.3. The van der Waals surface area contributed by atoms with Crippen molar-refractivity contribution >= 4 is 28.7 Å². The van der Waals surface area contributed by atoms with Crippen molar-refractivity contribution in [2.24, 2.45) is 0 Å². The lowest BCUT2D eigenvalue weighted by Gasteiger charge is -2.12. The van der Waals surface area contributed by atoms with Crippen molar-refractivity contribution < 1.29 is 14.4 Å². The fraction of sp³-hybridized carbons (Fsp3) is 0.389. The highest BCUT2D eigenvalue weighted by atomic mass is 16.2. The number of urea groups is 1. The molecule has 138 valence electrons. The molecule has 1 aromatic carbocycles. The molecule has 1 aliphatic rings. The maximum atomic E-state index is 12.6. The first-order valence-corrected chi connectivity index (χ1v) is 8.56. The monoisotopic (exact) mass is 357 g/mol. The smallest absolute Gasteiger partial charge is 0.324 e. The summed E-state index contributed by atoms with van der Waals surface area (Å²) in [6, 6.07) is 7.36. The summed E-state index contributed by atoms with van der Waals surface area (Å²) in [7, 11) is 4.02. The van der Waals surface area contributed by atoms with Crippen LogP contribution in [0.2, 0.25) is 0 Å². The first kappa shape index (κ1) is 17.9. The number of carbonyl (C=O) groups is 3. The number of nitrogens with zero attached hydrogens (tertiary/aromatic N) is 3. The van der Waals surface area contributed by atoms with Crippen LogP contribution in [0.25, 0.3) is 10.9 Å². The Kier molecular flexibility index (Phi) is 5.22. The minimum absolute atomic E-state index is 0.0200. The van der Waals surface area contributed by atoms with Gasteiger partial charge in [-0.2, -0.15) is 0 Å². The van der Waals surface area contributed by atoms with E-state index in [1.54, 1.807) is 0 Å². The summed E-state index contributed by atoms with van der Waals surface area (Å²) in [5.41, 5.74) is 1.60. The number of aromatic nitrogens is 1. The molecule has 0 radical (unpaired) electrons. The molecule has 0 bridgehead atoms. The van der Waals surface area contributed by atoms with Crippen molar-refractivity contribution in [1.82, 2.24) is 25.0 Å². The van der Waals surface area contributed by atoms with Crippen molar-refractivity contribution in [3.8, 4) is 0 Å². The van der Waals surface area contributed by atoms with E-state index in [0.29, 0.717) is 5.56 Å². The predicted octanol–water partition coefficient (Wildman–Crippen LogP) is 0.485. The largest absolute Gasteiger partial charge is 0.350 e. The molecule has 2 heterocycles. The van der Waals surface area contributed by atoms with Gasteiger partial charge in [0.1, 0.15) is 0 Å². The molecule has 8 heteroatoms. The first-order valence-electron chi connectivity index (χ1n) is 8.56. The highest BCUT2D eigenvalue weighted by molar-refractivity contribution is 6.07. The van der Waals surface area contributed by atoms with Gasteiger partial charge < -0.3 is 20.1 Å². The van der Waals surface area contributed by atoms with Crippen LogP contribution < -0.4 is 10.6 Å². The summed E-state index contributed by atoms with van der Waals surface area (Å²) in [6.45, 7) is 2.05. The number of amides is 4. The fourth-order valence-electron chi connectivity index (χ4n) is 2.98. The molecule has 4 amide bonds. The van der Waals surface area contributed by atoms with Gasteiger partial charge in [0.2, 0.25) is 5.91 Å². The average Bonchev–Trinajstić information content (AvgIpc) is 3.14. The van der Waals surface area contributed by atoms with Gasteiger partial charge >= 0.3 is 6.03 Å². The van der Waals surface area contributed by atoms with Gasteiger partial charge in [-0.3, -0.25) is 14.5 Å². The van der Waals surface area contributed by atoms with Crippen LogP contribution in [0.3, 0.4) is 0 Å². The Morgan fingerprint density at radius 3 is 2.69 bits per heavy atom. The number of likely N-dealkylation sites (N-methyl/N-ethyl adjacent to an activating group) is 1. The number of fused-ring (bicyclic) bond motifs is 1. The molecule has 3 rings (SSSR count). The maximum Gasteiger partial charge on any atom is 0.324 e. The molecule has 0 unspecified atom stereocenters. The van der Waals surface area contributed by atoms with Crippen molar-refractivity contribution in [2.75, 3.05) is 40.3 Å². The van der Waals surface area contributed by atoms with Gasteiger partial charge in [0.25, 0.3) is 5.91 Å². The van der Waals surface area contributed by atoms with Crippen LogP contribution in [0, 0.1) is 0 Å². The van der Waals surface area contributed by atoms with E-state index >= 15 is 0 Å². The van der Waals surface area contributed by atoms with Gasteiger partial charge in [-0.1, -0.05) is 18.2 Å². The highest BCUT2D eigenvalue weighted by Gasteiger charge is 2.27. The molecule has 0 spiro atoms. The minimum Gasteiger partial charge on any atom is -0.350 e. The summed E-state index contributed by atoms with van der Waals surface area (Å²) in [5.74, 6) is -0.485. The predicted molar refractivity (Wildman–Crippen MR) is 97.9 cm³/mol. The quantitative estimate of drug-likeness (QED) is 0.706. The molecule has 0 saturated carbocycles. The molecule has 1 fully saturated rings. The van der Waals surface area contributed by atoms with Crippen LogP contribution in [0.1, 0.15) is 10.4 Å². The third-order valence-electron chi connectivity index (χ3n) is 4.38. The molecule has 2 aromatic rings. The van der Waals surface area contributed by atoms with Gasteiger partial charge in [0, 0.05) is 43.3 Å². The van der Waals surface area contributed by atoms with E-state index in [4.69, 9.17) is 0 Å². The van der Waals surface area contributed by atoms with E-state index in [0.717, 1.165) is 28.9 Å². The SMILES string of the molecule is CN(C)CCn1cc(C(=O)NCCN2C(=O)CNC2=O)c2ccccc21. The summed E-state index contributed by atoms with van der Waals surface area (Å²) in [6.07, 6.45) is 1.86. The number of hydrogen-bond acceptors (Lipinski definition) is 4. The lowest BCUT2D eigenvalue weighted by molar-refractivity contribution is -0.124. The van der Waals surface area contributed by atoms with Gasteiger partial charge in [-0.15, -0.1) is 0 Å². The van der Waals surface area contributed by atoms with E-state index in [9.17, 15) is 14.4 Å². The van der Waals surface area contributed by atoms with E-state index in [-0.39, 0.29) is 31.4 Å². The van der Waals surface area contributed by atoms with Gasteiger partial charge in [0.15, 0.2) is 0 Å². The van der Waals surface area contributed by atoms with Gasteiger partial charge in [0.05, 0.1) is 12.1 Å². The van der Waals surface area contributed by atoms with E-state index in [1.165, 1.54) is 0 Å². The van der Waals surface area contributed by atoms with Gasteiger partial charge in [-0.05, 0) is 20.2 Å². The molecule has 1 saturated heterocycles. The number of imide groups is 1. The zero-order valence-electron chi connectivity index (χ0n) is 15.0. The second-order valence-corrected chi connectivity index (χ2v) is 6.52. The van der Waals surface area contributed by atoms with Crippen LogP contribution in [-0.2, 0) is 11.3 Å². The molecule has 0 atom stereocenters. The van der Waals surface area contributed by atoms with Crippen molar-refractivity contribution in [1.29, 1.82) is 0 Å². The molecule has 0 aliphatic carbocycles. The van der Waals surface area contributed by atoms with Crippen molar-refractivity contribution in [3.63, 3.8) is 0 Å². The first-order chi connectivity index (χ1) is 12.5. The molecule has 1 aromatic heterocycles. The summed E-state index contributed by atoms with van der Waals surface area (Å²) < 4.78 is 2.07. The minimum atomic E-state index is -0.412. The number of carbonyl (C=O) groups excluding carboxylic acids is 3. The topological polar surface area (TPSA) is 86.7 Å². The highest BCUT2D eigenvalue weighted by Crippen LogP contribution is 2.21. The Hall–Kier alpha value is -2.87. The van der Waals surface area contributed by atoms with Crippen LogP contribution >= 0.6 is 0 Å². The Morgan fingerprint density at radius 2 is 2.00 bits per heavy atom. The lowest BCUT2D eigenvalue weighted by atomic mass is 10.1. The van der Waals surface area contributed by atoms with Crippen molar-refractivity contribution in [3.05, 3.63) is 36.0 Å².